The second kappa shape index (κ2) is 5.77. The van der Waals surface area contributed by atoms with Gasteiger partial charge < -0.3 is 15.2 Å². The molecule has 0 saturated carbocycles. The number of carbonyl (C=O) groups is 2. The minimum Gasteiger partial charge on any atom is -0.481 e. The third-order valence-corrected chi connectivity index (χ3v) is 3.63. The van der Waals surface area contributed by atoms with Crippen molar-refractivity contribution in [3.05, 3.63) is 35.4 Å². The first-order valence-electron chi connectivity index (χ1n) is 6.37. The molecule has 2 rings (SSSR count). The van der Waals surface area contributed by atoms with E-state index in [9.17, 15) is 23.5 Å². The van der Waals surface area contributed by atoms with Gasteiger partial charge in [-0.25, -0.2) is 8.78 Å². The van der Waals surface area contributed by atoms with E-state index in [1.807, 2.05) is 0 Å². The summed E-state index contributed by atoms with van der Waals surface area (Å²) < 4.78 is 31.0. The number of nitrogens with one attached hydrogen (secondary N) is 1. The van der Waals surface area contributed by atoms with Crippen molar-refractivity contribution >= 4 is 11.9 Å². The summed E-state index contributed by atoms with van der Waals surface area (Å²) in [6.45, 7) is 1.61. The number of carbonyl (C=O) groups excluding carboxylic acids is 1. The van der Waals surface area contributed by atoms with Gasteiger partial charge in [-0.15, -0.1) is 0 Å². The molecule has 7 heteroatoms. The van der Waals surface area contributed by atoms with E-state index in [4.69, 9.17) is 4.74 Å². The smallest absolute Gasteiger partial charge is 0.313 e. The third-order valence-electron chi connectivity index (χ3n) is 3.63. The van der Waals surface area contributed by atoms with E-state index in [0.29, 0.717) is 5.56 Å². The van der Waals surface area contributed by atoms with Gasteiger partial charge in [0.05, 0.1) is 25.7 Å². The Hall–Kier alpha value is -2.02. The average molecular weight is 299 g/mol. The molecule has 0 radical (unpaired) electrons. The Balaban J connectivity index is 2.01. The number of benzene rings is 1. The molecule has 0 spiro atoms. The molecule has 0 aromatic heterocycles. The predicted molar refractivity (Wildman–Crippen MR) is 68.6 cm³/mol. The van der Waals surface area contributed by atoms with Crippen LogP contribution in [-0.4, -0.2) is 36.2 Å². The maximum Gasteiger partial charge on any atom is 0.313 e. The number of amides is 1. The van der Waals surface area contributed by atoms with Gasteiger partial charge in [-0.05, 0) is 24.6 Å². The average Bonchev–Trinajstić information content (AvgIpc) is 2.77. The number of rotatable bonds is 4. The minimum absolute atomic E-state index is 0.0124. The molecule has 1 aromatic rings. The van der Waals surface area contributed by atoms with Crippen LogP contribution in [0.2, 0.25) is 0 Å². The molecule has 1 fully saturated rings. The standard InChI is InChI=1S/C14H15F2NO4/c1-14(13(19)20)7-21-6-11(14)17-12(18)5-8-2-3-9(15)10(16)4-8/h2-4,11H,5-7H2,1H3,(H,17,18)(H,19,20). The molecule has 1 aliphatic heterocycles. The Kier molecular flexibility index (Phi) is 4.22. The molecule has 1 heterocycles. The predicted octanol–water partition coefficient (Wildman–Crippen LogP) is 1.11. The highest BCUT2D eigenvalue weighted by Gasteiger charge is 2.47. The van der Waals surface area contributed by atoms with Crippen LogP contribution in [0.5, 0.6) is 0 Å². The fraction of sp³-hybridized carbons (Fsp3) is 0.429. The molecular weight excluding hydrogens is 284 g/mol. The summed E-state index contributed by atoms with van der Waals surface area (Å²) in [5, 5.41) is 11.8. The van der Waals surface area contributed by atoms with E-state index in [0.717, 1.165) is 12.1 Å². The van der Waals surface area contributed by atoms with Gasteiger partial charge >= 0.3 is 5.97 Å². The fourth-order valence-electron chi connectivity index (χ4n) is 2.17. The van der Waals surface area contributed by atoms with Crippen molar-refractivity contribution in [3.63, 3.8) is 0 Å². The van der Waals surface area contributed by atoms with Crippen molar-refractivity contribution in [1.29, 1.82) is 0 Å². The van der Waals surface area contributed by atoms with E-state index >= 15 is 0 Å². The minimum atomic E-state index is -1.19. The second-order valence-corrected chi connectivity index (χ2v) is 5.28. The van der Waals surface area contributed by atoms with Crippen molar-refractivity contribution in [2.75, 3.05) is 13.2 Å². The second-order valence-electron chi connectivity index (χ2n) is 5.28. The monoisotopic (exact) mass is 299 g/mol. The Bertz CT molecular complexity index is 578. The lowest BCUT2D eigenvalue weighted by Gasteiger charge is -2.25. The highest BCUT2D eigenvalue weighted by molar-refractivity contribution is 5.81. The zero-order chi connectivity index (χ0) is 15.6. The zero-order valence-electron chi connectivity index (χ0n) is 11.4. The summed E-state index contributed by atoms with van der Waals surface area (Å²) in [6, 6.07) is 2.53. The van der Waals surface area contributed by atoms with Gasteiger partial charge in [-0.3, -0.25) is 9.59 Å². The molecule has 0 aliphatic carbocycles. The third kappa shape index (κ3) is 3.18. The topological polar surface area (TPSA) is 75.6 Å². The Labute approximate surface area is 119 Å². The molecule has 2 N–H and O–H groups in total. The molecule has 1 aliphatic rings. The summed E-state index contributed by atoms with van der Waals surface area (Å²) in [6.07, 6.45) is -0.163. The van der Waals surface area contributed by atoms with Gasteiger partial charge in [0.25, 0.3) is 0 Å². The molecule has 21 heavy (non-hydrogen) atoms. The van der Waals surface area contributed by atoms with Crippen molar-refractivity contribution in [1.82, 2.24) is 5.32 Å². The summed E-state index contributed by atoms with van der Waals surface area (Å²) in [5.74, 6) is -3.54. The van der Waals surface area contributed by atoms with Gasteiger partial charge in [0.1, 0.15) is 5.41 Å². The molecule has 5 nitrogen and oxygen atoms in total. The summed E-state index contributed by atoms with van der Waals surface area (Å²) in [5.41, 5.74) is -0.883. The molecule has 1 aromatic carbocycles. The van der Waals surface area contributed by atoms with Crippen molar-refractivity contribution in [3.8, 4) is 0 Å². The lowest BCUT2D eigenvalue weighted by atomic mass is 9.85. The highest BCUT2D eigenvalue weighted by Crippen LogP contribution is 2.28. The van der Waals surface area contributed by atoms with Crippen LogP contribution < -0.4 is 5.32 Å². The Morgan fingerprint density at radius 3 is 2.76 bits per heavy atom. The first-order chi connectivity index (χ1) is 9.83. The van der Waals surface area contributed by atoms with E-state index in [-0.39, 0.29) is 19.6 Å². The number of aliphatic carboxylic acids is 1. The van der Waals surface area contributed by atoms with Gasteiger partial charge in [0, 0.05) is 0 Å². The lowest BCUT2D eigenvalue weighted by Crippen LogP contribution is -2.50. The number of halogens is 2. The summed E-state index contributed by atoms with van der Waals surface area (Å²) in [7, 11) is 0. The highest BCUT2D eigenvalue weighted by atomic mass is 19.2. The maximum absolute atomic E-state index is 13.1. The first kappa shape index (κ1) is 15.4. The van der Waals surface area contributed by atoms with Gasteiger partial charge in [0.15, 0.2) is 11.6 Å². The van der Waals surface area contributed by atoms with Gasteiger partial charge in [-0.2, -0.15) is 0 Å². The number of hydrogen-bond acceptors (Lipinski definition) is 3. The SMILES string of the molecule is CC1(C(=O)O)COCC1NC(=O)Cc1ccc(F)c(F)c1. The number of carboxylic acids is 1. The van der Waals surface area contributed by atoms with E-state index in [1.54, 1.807) is 0 Å². The zero-order valence-corrected chi connectivity index (χ0v) is 11.4. The summed E-state index contributed by atoms with van der Waals surface area (Å²) >= 11 is 0. The van der Waals surface area contributed by atoms with Crippen LogP contribution in [0.3, 0.4) is 0 Å². The molecule has 2 unspecified atom stereocenters. The van der Waals surface area contributed by atoms with Crippen molar-refractivity contribution in [2.24, 2.45) is 5.41 Å². The maximum atomic E-state index is 13.1. The Morgan fingerprint density at radius 2 is 2.14 bits per heavy atom. The van der Waals surface area contributed by atoms with Crippen LogP contribution in [0, 0.1) is 17.0 Å². The van der Waals surface area contributed by atoms with Crippen molar-refractivity contribution < 1.29 is 28.2 Å². The molecule has 1 saturated heterocycles. The van der Waals surface area contributed by atoms with Crippen molar-refractivity contribution in [2.45, 2.75) is 19.4 Å². The first-order valence-corrected chi connectivity index (χ1v) is 6.37. The number of hydrogen-bond donors (Lipinski definition) is 2. The van der Waals surface area contributed by atoms with Crippen LogP contribution in [0.25, 0.3) is 0 Å². The molecule has 2 atom stereocenters. The van der Waals surface area contributed by atoms with E-state index < -0.39 is 35.0 Å². The van der Waals surface area contributed by atoms with Crippen LogP contribution in [-0.2, 0) is 20.7 Å². The Morgan fingerprint density at radius 1 is 1.43 bits per heavy atom. The fourth-order valence-corrected chi connectivity index (χ4v) is 2.17. The molecule has 0 bridgehead atoms. The lowest BCUT2D eigenvalue weighted by molar-refractivity contribution is -0.149. The normalized spacial score (nSPS) is 24.8. The summed E-state index contributed by atoms with van der Waals surface area (Å²) in [4.78, 5) is 23.1. The largest absolute Gasteiger partial charge is 0.481 e. The van der Waals surface area contributed by atoms with E-state index in [2.05, 4.69) is 5.32 Å². The number of carboxylic acid groups (broad SMARTS) is 1. The van der Waals surface area contributed by atoms with Crippen LogP contribution >= 0.6 is 0 Å². The van der Waals surface area contributed by atoms with Crippen LogP contribution in [0.1, 0.15) is 12.5 Å². The molecular formula is C14H15F2NO4. The quantitative estimate of drug-likeness (QED) is 0.873. The van der Waals surface area contributed by atoms with Gasteiger partial charge in [0.2, 0.25) is 5.91 Å². The van der Waals surface area contributed by atoms with Crippen LogP contribution in [0.15, 0.2) is 18.2 Å². The van der Waals surface area contributed by atoms with E-state index in [1.165, 1.54) is 13.0 Å². The van der Waals surface area contributed by atoms with Crippen LogP contribution in [0.4, 0.5) is 8.78 Å². The van der Waals surface area contributed by atoms with Gasteiger partial charge in [-0.1, -0.05) is 6.07 Å². The number of ether oxygens (including phenoxy) is 1. The molecule has 1 amide bonds. The molecule has 114 valence electrons.